The molecule has 0 aromatic heterocycles. The fourth-order valence-corrected chi connectivity index (χ4v) is 3.49. The van der Waals surface area contributed by atoms with Crippen LogP contribution < -0.4 is 4.74 Å². The number of hydrogen-bond acceptors (Lipinski definition) is 3. The van der Waals surface area contributed by atoms with Crippen molar-refractivity contribution in [2.45, 2.75) is 38.1 Å². The molecule has 1 aromatic rings. The summed E-state index contributed by atoms with van der Waals surface area (Å²) in [5.74, 6) is 1.34. The van der Waals surface area contributed by atoms with Crippen LogP contribution in [0.2, 0.25) is 0 Å². The van der Waals surface area contributed by atoms with Gasteiger partial charge in [-0.05, 0) is 44.0 Å². The first-order valence-corrected chi connectivity index (χ1v) is 7.25. The average Bonchev–Trinajstić information content (AvgIpc) is 2.45. The number of rotatable bonds is 3. The molecule has 1 heterocycles. The van der Waals surface area contributed by atoms with Crippen molar-refractivity contribution in [3.8, 4) is 11.8 Å². The summed E-state index contributed by atoms with van der Waals surface area (Å²) in [7, 11) is 3.85. The normalized spacial score (nSPS) is 30.8. The summed E-state index contributed by atoms with van der Waals surface area (Å²) in [5, 5.41) is 9.33. The Morgan fingerprint density at radius 3 is 2.55 bits per heavy atom. The molecule has 3 nitrogen and oxygen atoms in total. The lowest BCUT2D eigenvalue weighted by Gasteiger charge is -2.48. The number of nitrogens with zero attached hydrogens (tertiary/aromatic N) is 2. The van der Waals surface area contributed by atoms with Gasteiger partial charge >= 0.3 is 0 Å². The SMILES string of the molecule is COc1ccc(C2(CC#N)CC(C)N(C)CC2C)cc1. The molecule has 2 rings (SSSR count). The maximum absolute atomic E-state index is 9.33. The lowest BCUT2D eigenvalue weighted by Crippen LogP contribution is -2.51. The van der Waals surface area contributed by atoms with E-state index in [2.05, 4.69) is 44.0 Å². The number of likely N-dealkylation sites (tertiary alicyclic amines) is 1. The van der Waals surface area contributed by atoms with E-state index < -0.39 is 0 Å². The maximum atomic E-state index is 9.33. The van der Waals surface area contributed by atoms with Crippen molar-refractivity contribution in [3.63, 3.8) is 0 Å². The molecule has 0 N–H and O–H groups in total. The number of hydrogen-bond donors (Lipinski definition) is 0. The molecular weight excluding hydrogens is 248 g/mol. The monoisotopic (exact) mass is 272 g/mol. The quantitative estimate of drug-likeness (QED) is 0.847. The molecule has 1 aliphatic heterocycles. The third-order valence-corrected chi connectivity index (χ3v) is 4.98. The van der Waals surface area contributed by atoms with Crippen LogP contribution in [0.15, 0.2) is 24.3 Å². The summed E-state index contributed by atoms with van der Waals surface area (Å²) < 4.78 is 5.24. The van der Waals surface area contributed by atoms with Crippen LogP contribution in [0.25, 0.3) is 0 Å². The fraction of sp³-hybridized carbons (Fsp3) is 0.588. The Labute approximate surface area is 122 Å². The Balaban J connectivity index is 2.40. The second-order valence-electron chi connectivity index (χ2n) is 6.11. The largest absolute Gasteiger partial charge is 0.497 e. The molecule has 108 valence electrons. The van der Waals surface area contributed by atoms with Crippen LogP contribution in [0.5, 0.6) is 5.75 Å². The average molecular weight is 272 g/mol. The summed E-state index contributed by atoms with van der Waals surface area (Å²) >= 11 is 0. The van der Waals surface area contributed by atoms with Gasteiger partial charge in [-0.1, -0.05) is 19.1 Å². The van der Waals surface area contributed by atoms with Crippen LogP contribution in [-0.4, -0.2) is 31.6 Å². The highest BCUT2D eigenvalue weighted by Crippen LogP contribution is 2.44. The highest BCUT2D eigenvalue weighted by molar-refractivity contribution is 5.34. The maximum Gasteiger partial charge on any atom is 0.118 e. The minimum absolute atomic E-state index is 0.0348. The smallest absolute Gasteiger partial charge is 0.118 e. The third-order valence-electron chi connectivity index (χ3n) is 4.98. The molecule has 3 unspecified atom stereocenters. The molecular formula is C17H24N2O. The van der Waals surface area contributed by atoms with Crippen molar-refractivity contribution in [2.24, 2.45) is 5.92 Å². The molecule has 1 fully saturated rings. The van der Waals surface area contributed by atoms with Crippen LogP contribution in [0.4, 0.5) is 0 Å². The van der Waals surface area contributed by atoms with E-state index in [9.17, 15) is 5.26 Å². The van der Waals surface area contributed by atoms with Crippen molar-refractivity contribution in [1.29, 1.82) is 5.26 Å². The van der Waals surface area contributed by atoms with Crippen LogP contribution >= 0.6 is 0 Å². The first-order valence-electron chi connectivity index (χ1n) is 7.25. The lowest BCUT2D eigenvalue weighted by molar-refractivity contribution is 0.0770. The van der Waals surface area contributed by atoms with Crippen molar-refractivity contribution in [2.75, 3.05) is 20.7 Å². The highest BCUT2D eigenvalue weighted by Gasteiger charge is 2.43. The number of nitriles is 1. The predicted molar refractivity (Wildman–Crippen MR) is 80.8 cm³/mol. The molecule has 0 spiro atoms. The van der Waals surface area contributed by atoms with Gasteiger partial charge in [-0.2, -0.15) is 5.26 Å². The van der Waals surface area contributed by atoms with Crippen molar-refractivity contribution < 1.29 is 4.74 Å². The van der Waals surface area contributed by atoms with Gasteiger partial charge in [-0.3, -0.25) is 0 Å². The van der Waals surface area contributed by atoms with E-state index in [0.29, 0.717) is 18.4 Å². The van der Waals surface area contributed by atoms with E-state index in [-0.39, 0.29) is 5.41 Å². The summed E-state index contributed by atoms with van der Waals surface area (Å²) in [6.45, 7) is 5.56. The molecule has 0 aliphatic carbocycles. The van der Waals surface area contributed by atoms with Gasteiger partial charge in [0.25, 0.3) is 0 Å². The summed E-state index contributed by atoms with van der Waals surface area (Å²) in [4.78, 5) is 2.39. The standard InChI is InChI=1S/C17H24N2O/c1-13-12-19(3)14(2)11-17(13,9-10-18)15-5-7-16(20-4)8-6-15/h5-8,13-14H,9,11-12H2,1-4H3. The molecule has 1 saturated heterocycles. The Morgan fingerprint density at radius 2 is 2.00 bits per heavy atom. The van der Waals surface area contributed by atoms with Crippen molar-refractivity contribution in [3.05, 3.63) is 29.8 Å². The third kappa shape index (κ3) is 2.53. The fourth-order valence-electron chi connectivity index (χ4n) is 3.49. The van der Waals surface area contributed by atoms with Gasteiger partial charge in [0.2, 0.25) is 0 Å². The van der Waals surface area contributed by atoms with Gasteiger partial charge in [0, 0.05) is 24.4 Å². The Bertz CT molecular complexity index is 491. The molecule has 1 aromatic carbocycles. The van der Waals surface area contributed by atoms with E-state index in [1.165, 1.54) is 5.56 Å². The Hall–Kier alpha value is -1.53. The Kier molecular flexibility index (Phi) is 4.35. The van der Waals surface area contributed by atoms with Crippen molar-refractivity contribution >= 4 is 0 Å². The minimum Gasteiger partial charge on any atom is -0.497 e. The molecule has 20 heavy (non-hydrogen) atoms. The van der Waals surface area contributed by atoms with Crippen LogP contribution in [0, 0.1) is 17.2 Å². The number of piperidine rings is 1. The zero-order chi connectivity index (χ0) is 14.8. The topological polar surface area (TPSA) is 36.3 Å². The van der Waals surface area contributed by atoms with Gasteiger partial charge in [-0.15, -0.1) is 0 Å². The van der Waals surface area contributed by atoms with Crippen LogP contribution in [0.3, 0.4) is 0 Å². The highest BCUT2D eigenvalue weighted by atomic mass is 16.5. The van der Waals surface area contributed by atoms with E-state index in [4.69, 9.17) is 4.74 Å². The molecule has 0 bridgehead atoms. The zero-order valence-corrected chi connectivity index (χ0v) is 12.9. The molecule has 0 radical (unpaired) electrons. The predicted octanol–water partition coefficient (Wildman–Crippen LogP) is 3.21. The van der Waals surface area contributed by atoms with Crippen LogP contribution in [-0.2, 0) is 5.41 Å². The lowest BCUT2D eigenvalue weighted by atomic mass is 9.63. The summed E-state index contributed by atoms with van der Waals surface area (Å²) in [6, 6.07) is 11.2. The van der Waals surface area contributed by atoms with Crippen LogP contribution in [0.1, 0.15) is 32.3 Å². The van der Waals surface area contributed by atoms with Crippen molar-refractivity contribution in [1.82, 2.24) is 4.90 Å². The van der Waals surface area contributed by atoms with Gasteiger partial charge in [-0.25, -0.2) is 0 Å². The van der Waals surface area contributed by atoms with E-state index in [0.717, 1.165) is 18.7 Å². The van der Waals surface area contributed by atoms with E-state index in [1.807, 2.05) is 12.1 Å². The molecule has 3 atom stereocenters. The second-order valence-corrected chi connectivity index (χ2v) is 6.11. The Morgan fingerprint density at radius 1 is 1.35 bits per heavy atom. The van der Waals surface area contributed by atoms with E-state index in [1.54, 1.807) is 7.11 Å². The van der Waals surface area contributed by atoms with Gasteiger partial charge in [0.15, 0.2) is 0 Å². The minimum atomic E-state index is -0.0348. The van der Waals surface area contributed by atoms with E-state index >= 15 is 0 Å². The molecule has 3 heteroatoms. The molecule has 0 saturated carbocycles. The number of ether oxygens (including phenoxy) is 1. The summed E-state index contributed by atoms with van der Waals surface area (Å²) in [6.07, 6.45) is 1.61. The number of methoxy groups -OCH3 is 1. The first-order chi connectivity index (χ1) is 9.53. The molecule has 0 amide bonds. The zero-order valence-electron chi connectivity index (χ0n) is 12.9. The first kappa shape index (κ1) is 14.9. The number of benzene rings is 1. The van der Waals surface area contributed by atoms with Gasteiger partial charge in [0.05, 0.1) is 13.2 Å². The molecule has 1 aliphatic rings. The van der Waals surface area contributed by atoms with Gasteiger partial charge in [0.1, 0.15) is 5.75 Å². The second kappa shape index (κ2) is 5.85. The summed E-state index contributed by atoms with van der Waals surface area (Å²) in [5.41, 5.74) is 1.24. The van der Waals surface area contributed by atoms with Gasteiger partial charge < -0.3 is 9.64 Å².